The molecule has 0 fully saturated rings. The topological polar surface area (TPSA) is 17.8 Å². The van der Waals surface area contributed by atoms with Crippen LogP contribution in [0.1, 0.15) is 5.82 Å². The lowest BCUT2D eigenvalue weighted by atomic mass is 10.2. The summed E-state index contributed by atoms with van der Waals surface area (Å²) in [7, 11) is 0. The first-order chi connectivity index (χ1) is 10.1. The molecule has 0 aliphatic rings. The Balaban J connectivity index is 2.35. The zero-order chi connectivity index (χ0) is 15.0. The van der Waals surface area contributed by atoms with Crippen LogP contribution in [-0.2, 0) is 6.42 Å². The lowest BCUT2D eigenvalue weighted by Crippen LogP contribution is -2.03. The third-order valence-electron chi connectivity index (χ3n) is 3.12. The first kappa shape index (κ1) is 14.6. The summed E-state index contributed by atoms with van der Waals surface area (Å²) in [6, 6.07) is 9.78. The summed E-state index contributed by atoms with van der Waals surface area (Å²) in [4.78, 5) is 4.53. The fourth-order valence-electron chi connectivity index (χ4n) is 2.33. The van der Waals surface area contributed by atoms with Crippen LogP contribution in [0.25, 0.3) is 16.7 Å². The Bertz CT molecular complexity index is 794. The van der Waals surface area contributed by atoms with Crippen molar-refractivity contribution in [1.82, 2.24) is 9.55 Å². The summed E-state index contributed by atoms with van der Waals surface area (Å²) in [5.74, 6) is 0.710. The van der Waals surface area contributed by atoms with Gasteiger partial charge in [0.25, 0.3) is 0 Å². The van der Waals surface area contributed by atoms with Crippen molar-refractivity contribution >= 4 is 45.8 Å². The molecule has 0 radical (unpaired) electrons. The highest BCUT2D eigenvalue weighted by Gasteiger charge is 2.15. The van der Waals surface area contributed by atoms with Crippen molar-refractivity contribution in [3.8, 4) is 5.69 Å². The van der Waals surface area contributed by atoms with Gasteiger partial charge in [0.2, 0.25) is 0 Å². The summed E-state index contributed by atoms with van der Waals surface area (Å²) >= 11 is 18.1. The highest BCUT2D eigenvalue weighted by molar-refractivity contribution is 6.35. The maximum atomic E-state index is 13.7. The number of hydrogen-bond donors (Lipinski definition) is 0. The number of hydrogen-bond acceptors (Lipinski definition) is 1. The van der Waals surface area contributed by atoms with Gasteiger partial charge in [0, 0.05) is 17.3 Å². The average molecular weight is 344 g/mol. The number of aryl methyl sites for hydroxylation is 1. The van der Waals surface area contributed by atoms with Gasteiger partial charge in [-0.3, -0.25) is 4.57 Å². The number of para-hydroxylation sites is 1. The smallest absolute Gasteiger partial charge is 0.126 e. The maximum Gasteiger partial charge on any atom is 0.126 e. The minimum Gasteiger partial charge on any atom is -0.295 e. The Morgan fingerprint density at radius 2 is 1.95 bits per heavy atom. The van der Waals surface area contributed by atoms with E-state index in [1.807, 2.05) is 12.1 Å². The minimum absolute atomic E-state index is 0.315. The third kappa shape index (κ3) is 2.73. The highest BCUT2D eigenvalue weighted by atomic mass is 35.5. The first-order valence-corrected chi connectivity index (χ1v) is 7.57. The second kappa shape index (κ2) is 5.84. The SMILES string of the molecule is Fc1cc(Cl)cc(-n2c(CCCl)nc3cccc(Cl)c32)c1. The number of nitrogens with zero attached hydrogens (tertiary/aromatic N) is 2. The summed E-state index contributed by atoms with van der Waals surface area (Å²) in [6.07, 6.45) is 0.542. The third-order valence-corrected chi connectivity index (χ3v) is 3.83. The lowest BCUT2D eigenvalue weighted by Gasteiger charge is -2.10. The quantitative estimate of drug-likeness (QED) is 0.594. The van der Waals surface area contributed by atoms with Crippen LogP contribution < -0.4 is 0 Å². The fraction of sp³-hybridized carbons (Fsp3) is 0.133. The molecule has 2 nitrogen and oxygen atoms in total. The molecule has 3 rings (SSSR count). The largest absolute Gasteiger partial charge is 0.295 e. The highest BCUT2D eigenvalue weighted by Crippen LogP contribution is 2.29. The molecule has 0 saturated carbocycles. The van der Waals surface area contributed by atoms with Crippen LogP contribution >= 0.6 is 34.8 Å². The van der Waals surface area contributed by atoms with E-state index in [1.165, 1.54) is 12.1 Å². The van der Waals surface area contributed by atoms with E-state index in [4.69, 9.17) is 34.8 Å². The van der Waals surface area contributed by atoms with Crippen molar-refractivity contribution in [2.75, 3.05) is 5.88 Å². The van der Waals surface area contributed by atoms with Crippen LogP contribution in [0.15, 0.2) is 36.4 Å². The van der Waals surface area contributed by atoms with Crippen molar-refractivity contribution in [2.45, 2.75) is 6.42 Å². The van der Waals surface area contributed by atoms with Crippen LogP contribution in [0, 0.1) is 5.82 Å². The Labute approximate surface area is 136 Å². The Morgan fingerprint density at radius 3 is 2.67 bits per heavy atom. The van der Waals surface area contributed by atoms with Gasteiger partial charge in [-0.05, 0) is 30.3 Å². The van der Waals surface area contributed by atoms with Gasteiger partial charge in [0.1, 0.15) is 11.6 Å². The second-order valence-electron chi connectivity index (χ2n) is 4.54. The van der Waals surface area contributed by atoms with Crippen molar-refractivity contribution in [1.29, 1.82) is 0 Å². The van der Waals surface area contributed by atoms with Gasteiger partial charge >= 0.3 is 0 Å². The molecule has 21 heavy (non-hydrogen) atoms. The molecular weight excluding hydrogens is 334 g/mol. The zero-order valence-corrected chi connectivity index (χ0v) is 13.1. The molecule has 0 amide bonds. The average Bonchev–Trinajstić information content (AvgIpc) is 2.77. The predicted octanol–water partition coefficient (Wildman–Crippen LogP) is 5.25. The summed E-state index contributed by atoms with van der Waals surface area (Å²) < 4.78 is 15.5. The van der Waals surface area contributed by atoms with E-state index in [0.29, 0.717) is 28.0 Å². The minimum atomic E-state index is -0.414. The van der Waals surface area contributed by atoms with Crippen LogP contribution in [0.3, 0.4) is 0 Å². The number of alkyl halides is 1. The molecule has 108 valence electrons. The fourth-order valence-corrected chi connectivity index (χ4v) is 2.97. The number of rotatable bonds is 3. The second-order valence-corrected chi connectivity index (χ2v) is 5.76. The molecule has 0 saturated heterocycles. The van der Waals surface area contributed by atoms with Crippen molar-refractivity contribution in [2.24, 2.45) is 0 Å². The van der Waals surface area contributed by atoms with E-state index in [0.717, 1.165) is 16.9 Å². The first-order valence-electron chi connectivity index (χ1n) is 6.28. The van der Waals surface area contributed by atoms with Gasteiger partial charge in [-0.2, -0.15) is 0 Å². The van der Waals surface area contributed by atoms with Gasteiger partial charge in [-0.25, -0.2) is 9.37 Å². The molecule has 3 aromatic rings. The number of aromatic nitrogens is 2. The molecular formula is C15H10Cl3FN2. The molecule has 0 spiro atoms. The number of fused-ring (bicyclic) bond motifs is 1. The van der Waals surface area contributed by atoms with Crippen LogP contribution in [0.2, 0.25) is 10.0 Å². The zero-order valence-electron chi connectivity index (χ0n) is 10.8. The monoisotopic (exact) mass is 342 g/mol. The number of imidazole rings is 1. The maximum absolute atomic E-state index is 13.7. The summed E-state index contributed by atoms with van der Waals surface area (Å²) in [6.45, 7) is 0. The van der Waals surface area contributed by atoms with E-state index >= 15 is 0 Å². The Kier molecular flexibility index (Phi) is 4.07. The summed E-state index contributed by atoms with van der Waals surface area (Å²) in [5, 5.41) is 0.858. The van der Waals surface area contributed by atoms with Crippen molar-refractivity contribution in [3.05, 3.63) is 58.1 Å². The van der Waals surface area contributed by atoms with Crippen molar-refractivity contribution < 1.29 is 4.39 Å². The molecule has 0 N–H and O–H groups in total. The Morgan fingerprint density at radius 1 is 1.14 bits per heavy atom. The molecule has 1 heterocycles. The summed E-state index contributed by atoms with van der Waals surface area (Å²) in [5.41, 5.74) is 2.04. The molecule has 0 atom stereocenters. The normalized spacial score (nSPS) is 11.2. The van der Waals surface area contributed by atoms with Gasteiger partial charge in [-0.1, -0.05) is 29.3 Å². The van der Waals surface area contributed by atoms with E-state index in [2.05, 4.69) is 4.98 Å². The molecule has 0 aliphatic heterocycles. The van der Waals surface area contributed by atoms with Crippen LogP contribution in [-0.4, -0.2) is 15.4 Å². The van der Waals surface area contributed by atoms with Gasteiger partial charge in [-0.15, -0.1) is 11.6 Å². The predicted molar refractivity (Wildman–Crippen MR) is 85.5 cm³/mol. The number of halogens is 4. The Hall–Kier alpha value is -1.29. The van der Waals surface area contributed by atoms with Gasteiger partial charge in [0.05, 0.1) is 21.7 Å². The van der Waals surface area contributed by atoms with E-state index < -0.39 is 5.82 Å². The molecule has 2 aromatic carbocycles. The van der Waals surface area contributed by atoms with Gasteiger partial charge < -0.3 is 0 Å². The molecule has 1 aromatic heterocycles. The number of benzene rings is 2. The molecule has 6 heteroatoms. The molecule has 0 aliphatic carbocycles. The van der Waals surface area contributed by atoms with Crippen molar-refractivity contribution in [3.63, 3.8) is 0 Å². The van der Waals surface area contributed by atoms with E-state index in [1.54, 1.807) is 16.7 Å². The van der Waals surface area contributed by atoms with Gasteiger partial charge in [0.15, 0.2) is 0 Å². The molecule has 0 unspecified atom stereocenters. The lowest BCUT2D eigenvalue weighted by molar-refractivity contribution is 0.626. The van der Waals surface area contributed by atoms with Crippen LogP contribution in [0.4, 0.5) is 4.39 Å². The van der Waals surface area contributed by atoms with E-state index in [-0.39, 0.29) is 0 Å². The van der Waals surface area contributed by atoms with Crippen LogP contribution in [0.5, 0.6) is 0 Å². The van der Waals surface area contributed by atoms with E-state index in [9.17, 15) is 4.39 Å². The standard InChI is InChI=1S/C15H10Cl3FN2/c16-5-4-14-20-13-3-1-2-12(18)15(13)21(14)11-7-9(17)6-10(19)8-11/h1-3,6-8H,4-5H2. The molecule has 0 bridgehead atoms.